The summed E-state index contributed by atoms with van der Waals surface area (Å²) in [5.41, 5.74) is -4.78. The van der Waals surface area contributed by atoms with E-state index in [-0.39, 0.29) is 11.7 Å². The fourth-order valence-corrected chi connectivity index (χ4v) is 2.35. The summed E-state index contributed by atoms with van der Waals surface area (Å²) >= 11 is 3.22. The fraction of sp³-hybridized carbons (Fsp3) is 0.400. The van der Waals surface area contributed by atoms with Crippen LogP contribution in [0, 0.1) is 0 Å². The summed E-state index contributed by atoms with van der Waals surface area (Å²) in [5.74, 6) is -0.351. The SMILES string of the molecule is CC(C)c1cc(OS(=O)(=O)C(F)(F)F)ccc1Br. The lowest BCUT2D eigenvalue weighted by molar-refractivity contribution is -0.0500. The number of benzene rings is 1. The Bertz CT molecular complexity index is 538. The van der Waals surface area contributed by atoms with Gasteiger partial charge >= 0.3 is 15.6 Å². The first kappa shape index (κ1) is 15.3. The van der Waals surface area contributed by atoms with E-state index < -0.39 is 15.6 Å². The highest BCUT2D eigenvalue weighted by atomic mass is 79.9. The van der Waals surface area contributed by atoms with E-state index in [0.717, 1.165) is 6.07 Å². The molecule has 0 N–H and O–H groups in total. The summed E-state index contributed by atoms with van der Waals surface area (Å²) in [5, 5.41) is 0. The molecular formula is C10H10BrF3O3S. The molecular weight excluding hydrogens is 337 g/mol. The Morgan fingerprint density at radius 2 is 1.83 bits per heavy atom. The first-order valence-electron chi connectivity index (χ1n) is 4.85. The van der Waals surface area contributed by atoms with Crippen LogP contribution in [0.1, 0.15) is 25.3 Å². The van der Waals surface area contributed by atoms with Crippen LogP contribution < -0.4 is 4.18 Å². The van der Waals surface area contributed by atoms with Crippen molar-refractivity contribution in [1.29, 1.82) is 0 Å². The molecule has 0 aliphatic heterocycles. The predicted octanol–water partition coefficient (Wildman–Crippen LogP) is 3.80. The second kappa shape index (κ2) is 5.08. The van der Waals surface area contributed by atoms with Crippen LogP contribution in [0.4, 0.5) is 13.2 Å². The van der Waals surface area contributed by atoms with Crippen LogP contribution in [0.5, 0.6) is 5.75 Å². The molecule has 1 aromatic carbocycles. The maximum atomic E-state index is 12.1. The predicted molar refractivity (Wildman–Crippen MR) is 63.8 cm³/mol. The molecule has 1 aromatic rings. The smallest absolute Gasteiger partial charge is 0.376 e. The Morgan fingerprint density at radius 1 is 1.28 bits per heavy atom. The van der Waals surface area contributed by atoms with E-state index in [4.69, 9.17) is 0 Å². The topological polar surface area (TPSA) is 43.4 Å². The van der Waals surface area contributed by atoms with E-state index in [2.05, 4.69) is 20.1 Å². The zero-order valence-corrected chi connectivity index (χ0v) is 11.9. The minimum Gasteiger partial charge on any atom is -0.376 e. The second-order valence-corrected chi connectivity index (χ2v) is 6.21. The normalized spacial score (nSPS) is 12.8. The molecule has 18 heavy (non-hydrogen) atoms. The number of rotatable bonds is 3. The van der Waals surface area contributed by atoms with Crippen molar-refractivity contribution in [2.45, 2.75) is 25.3 Å². The van der Waals surface area contributed by atoms with Crippen molar-refractivity contribution < 1.29 is 25.8 Å². The van der Waals surface area contributed by atoms with Crippen LogP contribution in [0.25, 0.3) is 0 Å². The van der Waals surface area contributed by atoms with Gasteiger partial charge in [-0.2, -0.15) is 21.6 Å². The summed E-state index contributed by atoms with van der Waals surface area (Å²) in [4.78, 5) is 0. The molecule has 0 spiro atoms. The van der Waals surface area contributed by atoms with Crippen LogP contribution in [0.2, 0.25) is 0 Å². The minimum absolute atomic E-state index is 0.0107. The van der Waals surface area contributed by atoms with Crippen molar-refractivity contribution in [1.82, 2.24) is 0 Å². The Kier molecular flexibility index (Phi) is 4.32. The highest BCUT2D eigenvalue weighted by Crippen LogP contribution is 2.31. The first-order valence-corrected chi connectivity index (χ1v) is 7.05. The first-order chi connectivity index (χ1) is 8.04. The van der Waals surface area contributed by atoms with Gasteiger partial charge in [0.05, 0.1) is 0 Å². The molecule has 0 bridgehead atoms. The lowest BCUT2D eigenvalue weighted by Gasteiger charge is -2.13. The molecule has 0 amide bonds. The fourth-order valence-electron chi connectivity index (χ4n) is 1.19. The molecule has 0 saturated carbocycles. The average molecular weight is 347 g/mol. The van der Waals surface area contributed by atoms with E-state index >= 15 is 0 Å². The standard InChI is InChI=1S/C10H10BrF3O3S/c1-6(2)8-5-7(3-4-9(8)11)17-18(15,16)10(12,13)14/h3-6H,1-2H3. The van der Waals surface area contributed by atoms with Crippen molar-refractivity contribution >= 4 is 26.0 Å². The highest BCUT2D eigenvalue weighted by Gasteiger charge is 2.48. The van der Waals surface area contributed by atoms with Crippen molar-refractivity contribution in [3.63, 3.8) is 0 Å². The highest BCUT2D eigenvalue weighted by molar-refractivity contribution is 9.10. The minimum atomic E-state index is -5.62. The molecule has 102 valence electrons. The Hall–Kier alpha value is -0.760. The number of alkyl halides is 3. The van der Waals surface area contributed by atoms with Gasteiger partial charge < -0.3 is 4.18 Å². The molecule has 1 rings (SSSR count). The summed E-state index contributed by atoms with van der Waals surface area (Å²) in [7, 11) is -5.62. The Morgan fingerprint density at radius 3 is 2.28 bits per heavy atom. The van der Waals surface area contributed by atoms with E-state index in [1.807, 2.05) is 13.8 Å². The zero-order valence-electron chi connectivity index (χ0n) is 9.45. The molecule has 0 atom stereocenters. The van der Waals surface area contributed by atoms with Gasteiger partial charge in [0.25, 0.3) is 0 Å². The van der Waals surface area contributed by atoms with Gasteiger partial charge in [-0.3, -0.25) is 0 Å². The van der Waals surface area contributed by atoms with Gasteiger partial charge in [-0.05, 0) is 29.7 Å². The summed E-state index contributed by atoms with van der Waals surface area (Å²) < 4.78 is 62.8. The van der Waals surface area contributed by atoms with E-state index in [9.17, 15) is 21.6 Å². The van der Waals surface area contributed by atoms with Gasteiger partial charge in [-0.25, -0.2) is 0 Å². The zero-order chi connectivity index (χ0) is 14.1. The second-order valence-electron chi connectivity index (χ2n) is 3.82. The quantitative estimate of drug-likeness (QED) is 0.617. The van der Waals surface area contributed by atoms with Gasteiger partial charge in [0.2, 0.25) is 0 Å². The third kappa shape index (κ3) is 3.38. The maximum Gasteiger partial charge on any atom is 0.534 e. The number of hydrogen-bond acceptors (Lipinski definition) is 3. The van der Waals surface area contributed by atoms with E-state index in [1.165, 1.54) is 12.1 Å². The molecule has 3 nitrogen and oxygen atoms in total. The molecule has 0 aliphatic carbocycles. The lowest BCUT2D eigenvalue weighted by atomic mass is 10.0. The monoisotopic (exact) mass is 346 g/mol. The molecule has 8 heteroatoms. The summed E-state index contributed by atoms with van der Waals surface area (Å²) in [6.07, 6.45) is 0. The summed E-state index contributed by atoms with van der Waals surface area (Å²) in [6.45, 7) is 3.64. The van der Waals surface area contributed by atoms with E-state index in [0.29, 0.717) is 10.0 Å². The maximum absolute atomic E-state index is 12.1. The third-order valence-corrected chi connectivity index (χ3v) is 3.78. The van der Waals surface area contributed by atoms with E-state index in [1.54, 1.807) is 0 Å². The Labute approximate surface area is 111 Å². The van der Waals surface area contributed by atoms with Crippen LogP contribution in [0.3, 0.4) is 0 Å². The number of hydrogen-bond donors (Lipinski definition) is 0. The van der Waals surface area contributed by atoms with Crippen molar-refractivity contribution in [2.75, 3.05) is 0 Å². The van der Waals surface area contributed by atoms with Crippen molar-refractivity contribution in [2.24, 2.45) is 0 Å². The van der Waals surface area contributed by atoms with Crippen LogP contribution in [-0.2, 0) is 10.1 Å². The third-order valence-electron chi connectivity index (χ3n) is 2.08. The molecule has 0 aliphatic rings. The number of halogens is 4. The van der Waals surface area contributed by atoms with Crippen LogP contribution >= 0.6 is 15.9 Å². The van der Waals surface area contributed by atoms with Gasteiger partial charge in [0.15, 0.2) is 0 Å². The van der Waals surface area contributed by atoms with Crippen molar-refractivity contribution in [3.8, 4) is 5.75 Å². The van der Waals surface area contributed by atoms with Gasteiger partial charge in [0.1, 0.15) is 5.75 Å². The molecule has 0 unspecified atom stereocenters. The van der Waals surface area contributed by atoms with Crippen molar-refractivity contribution in [3.05, 3.63) is 28.2 Å². The molecule has 0 heterocycles. The van der Waals surface area contributed by atoms with Gasteiger partial charge in [-0.15, -0.1) is 0 Å². The largest absolute Gasteiger partial charge is 0.534 e. The molecule has 0 radical (unpaired) electrons. The lowest BCUT2D eigenvalue weighted by Crippen LogP contribution is -2.28. The van der Waals surface area contributed by atoms with Crippen LogP contribution in [-0.4, -0.2) is 13.9 Å². The van der Waals surface area contributed by atoms with Crippen LogP contribution in [0.15, 0.2) is 22.7 Å². The van der Waals surface area contributed by atoms with Gasteiger partial charge in [0, 0.05) is 4.47 Å². The van der Waals surface area contributed by atoms with Gasteiger partial charge in [-0.1, -0.05) is 29.8 Å². The Balaban J connectivity index is 3.11. The molecule has 0 saturated heterocycles. The summed E-state index contributed by atoms with van der Waals surface area (Å²) in [6, 6.07) is 3.86. The molecule has 0 fully saturated rings. The molecule has 0 aromatic heterocycles. The average Bonchev–Trinajstić information content (AvgIpc) is 2.18.